The summed E-state index contributed by atoms with van der Waals surface area (Å²) in [7, 11) is -1.88. The van der Waals surface area contributed by atoms with E-state index >= 15 is 0 Å². The monoisotopic (exact) mass is 517 g/mol. The van der Waals surface area contributed by atoms with E-state index in [4.69, 9.17) is 4.74 Å². The zero-order valence-electron chi connectivity index (χ0n) is 20.8. The number of ether oxygens (including phenoxy) is 1. The van der Waals surface area contributed by atoms with Gasteiger partial charge in [-0.05, 0) is 80.7 Å². The SMILES string of the molecule is CN(C1CC1)S(=O)(=O)NC1CCN(c2cccnn2)CC1COC1CCC(c2cccc(F)c2)CC1. The molecule has 2 aromatic rings. The third-order valence-corrected chi connectivity index (χ3v) is 9.55. The standard InChI is InChI=1S/C26H36FN5O3S/c1-31(23-9-10-23)36(33,34)30-25-13-15-32(26-6-3-14-28-29-26)17-21(25)18-35-24-11-7-19(8-12-24)20-4-2-5-22(27)16-20/h2-6,14,16,19,21,23-25,30H,7-13,15,17-18H2,1H3. The largest absolute Gasteiger partial charge is 0.378 e. The van der Waals surface area contributed by atoms with Crippen molar-refractivity contribution in [2.24, 2.45) is 5.92 Å². The average Bonchev–Trinajstić information content (AvgIpc) is 3.74. The molecule has 5 rings (SSSR count). The van der Waals surface area contributed by atoms with Crippen LogP contribution in [0.3, 0.4) is 0 Å². The lowest BCUT2D eigenvalue weighted by atomic mass is 9.82. The number of nitrogens with zero attached hydrogens (tertiary/aromatic N) is 4. The summed E-state index contributed by atoms with van der Waals surface area (Å²) in [4.78, 5) is 2.16. The average molecular weight is 518 g/mol. The number of nitrogens with one attached hydrogen (secondary N) is 1. The number of hydrogen-bond acceptors (Lipinski definition) is 6. The lowest BCUT2D eigenvalue weighted by Gasteiger charge is -2.40. The topological polar surface area (TPSA) is 87.7 Å². The summed E-state index contributed by atoms with van der Waals surface area (Å²) in [5.74, 6) is 0.968. The van der Waals surface area contributed by atoms with Crippen LogP contribution in [0.5, 0.6) is 0 Å². The highest BCUT2D eigenvalue weighted by Gasteiger charge is 2.39. The van der Waals surface area contributed by atoms with Gasteiger partial charge >= 0.3 is 0 Å². The van der Waals surface area contributed by atoms with Crippen molar-refractivity contribution in [3.8, 4) is 0 Å². The number of hydrogen-bond donors (Lipinski definition) is 1. The fourth-order valence-corrected chi connectivity index (χ4v) is 6.98. The highest BCUT2D eigenvalue weighted by atomic mass is 32.2. The van der Waals surface area contributed by atoms with E-state index in [0.29, 0.717) is 32.0 Å². The van der Waals surface area contributed by atoms with E-state index in [-0.39, 0.29) is 29.9 Å². The van der Waals surface area contributed by atoms with Crippen molar-refractivity contribution in [1.29, 1.82) is 0 Å². The molecule has 2 unspecified atom stereocenters. The summed E-state index contributed by atoms with van der Waals surface area (Å²) >= 11 is 0. The van der Waals surface area contributed by atoms with Gasteiger partial charge < -0.3 is 9.64 Å². The van der Waals surface area contributed by atoms with E-state index in [1.165, 1.54) is 10.4 Å². The van der Waals surface area contributed by atoms with Crippen LogP contribution < -0.4 is 9.62 Å². The van der Waals surface area contributed by atoms with E-state index in [2.05, 4.69) is 19.8 Å². The van der Waals surface area contributed by atoms with Crippen LogP contribution >= 0.6 is 0 Å². The molecule has 10 heteroatoms. The predicted octanol–water partition coefficient (Wildman–Crippen LogP) is 3.48. The molecule has 2 heterocycles. The molecule has 2 saturated carbocycles. The Labute approximate surface area is 213 Å². The first-order valence-electron chi connectivity index (χ1n) is 13.0. The third-order valence-electron chi connectivity index (χ3n) is 7.90. The smallest absolute Gasteiger partial charge is 0.279 e. The second-order valence-corrected chi connectivity index (χ2v) is 12.2. The number of aromatic nitrogens is 2. The Morgan fingerprint density at radius 2 is 1.92 bits per heavy atom. The van der Waals surface area contributed by atoms with Crippen molar-refractivity contribution < 1.29 is 17.5 Å². The molecule has 0 bridgehead atoms. The fraction of sp³-hybridized carbons (Fsp3) is 0.615. The molecule has 1 aliphatic heterocycles. The third kappa shape index (κ3) is 6.22. The van der Waals surface area contributed by atoms with Gasteiger partial charge in [-0.25, -0.2) is 4.39 Å². The minimum atomic E-state index is -3.55. The van der Waals surface area contributed by atoms with Gasteiger partial charge in [0, 0.05) is 44.3 Å². The quantitative estimate of drug-likeness (QED) is 0.548. The first-order valence-corrected chi connectivity index (χ1v) is 14.5. The maximum atomic E-state index is 13.6. The summed E-state index contributed by atoms with van der Waals surface area (Å²) in [6, 6.07) is 10.6. The van der Waals surface area contributed by atoms with Gasteiger partial charge in [0.2, 0.25) is 0 Å². The summed E-state index contributed by atoms with van der Waals surface area (Å²) in [5, 5.41) is 8.26. The highest BCUT2D eigenvalue weighted by molar-refractivity contribution is 7.87. The molecule has 2 atom stereocenters. The van der Waals surface area contributed by atoms with Gasteiger partial charge in [0.05, 0.1) is 12.7 Å². The first-order chi connectivity index (χ1) is 17.4. The van der Waals surface area contributed by atoms with Crippen molar-refractivity contribution in [2.75, 3.05) is 31.6 Å². The highest BCUT2D eigenvalue weighted by Crippen LogP contribution is 2.35. The van der Waals surface area contributed by atoms with Crippen LogP contribution in [-0.2, 0) is 14.9 Å². The Morgan fingerprint density at radius 1 is 1.11 bits per heavy atom. The van der Waals surface area contributed by atoms with Gasteiger partial charge in [-0.2, -0.15) is 22.5 Å². The molecule has 1 aromatic carbocycles. The van der Waals surface area contributed by atoms with Crippen molar-refractivity contribution in [1.82, 2.24) is 19.2 Å². The van der Waals surface area contributed by atoms with Gasteiger partial charge in [-0.15, -0.1) is 5.10 Å². The van der Waals surface area contributed by atoms with Crippen LogP contribution in [0, 0.1) is 11.7 Å². The van der Waals surface area contributed by atoms with E-state index in [1.54, 1.807) is 25.4 Å². The van der Waals surface area contributed by atoms with E-state index in [1.807, 2.05) is 18.2 Å². The Bertz CT molecular complexity index is 1110. The van der Waals surface area contributed by atoms with Gasteiger partial charge in [0.25, 0.3) is 10.2 Å². The van der Waals surface area contributed by atoms with Crippen LogP contribution in [-0.4, -0.2) is 67.9 Å². The Morgan fingerprint density at radius 3 is 2.61 bits per heavy atom. The Balaban J connectivity index is 1.21. The Hall–Kier alpha value is -2.14. The fourth-order valence-electron chi connectivity index (χ4n) is 5.52. The second kappa shape index (κ2) is 11.1. The molecule has 0 radical (unpaired) electrons. The van der Waals surface area contributed by atoms with Gasteiger partial charge in [0.1, 0.15) is 5.82 Å². The van der Waals surface area contributed by atoms with Crippen LogP contribution in [0.25, 0.3) is 0 Å². The first kappa shape index (κ1) is 25.5. The molecular formula is C26H36FN5O3S. The van der Waals surface area contributed by atoms with Crippen molar-refractivity contribution in [3.05, 3.63) is 54.0 Å². The van der Waals surface area contributed by atoms with Crippen LogP contribution in [0.2, 0.25) is 0 Å². The minimum absolute atomic E-state index is 0.0101. The summed E-state index contributed by atoms with van der Waals surface area (Å²) in [6.45, 7) is 1.83. The molecule has 2 aliphatic carbocycles. The van der Waals surface area contributed by atoms with Crippen molar-refractivity contribution >= 4 is 16.0 Å². The minimum Gasteiger partial charge on any atom is -0.378 e. The lowest BCUT2D eigenvalue weighted by molar-refractivity contribution is -0.00226. The lowest BCUT2D eigenvalue weighted by Crippen LogP contribution is -2.55. The normalized spacial score (nSPS) is 27.4. The molecule has 196 valence electrons. The summed E-state index contributed by atoms with van der Waals surface area (Å²) in [6.07, 6.45) is 8.08. The zero-order valence-corrected chi connectivity index (χ0v) is 21.6. The predicted molar refractivity (Wildman–Crippen MR) is 136 cm³/mol. The van der Waals surface area contributed by atoms with Gasteiger partial charge in [-0.1, -0.05) is 12.1 Å². The molecular weight excluding hydrogens is 481 g/mol. The maximum Gasteiger partial charge on any atom is 0.279 e. The van der Waals surface area contributed by atoms with E-state index < -0.39 is 10.2 Å². The molecule has 36 heavy (non-hydrogen) atoms. The van der Waals surface area contributed by atoms with Crippen molar-refractivity contribution in [3.63, 3.8) is 0 Å². The van der Waals surface area contributed by atoms with Gasteiger partial charge in [0.15, 0.2) is 5.82 Å². The number of benzene rings is 1. The molecule has 3 aliphatic rings. The maximum absolute atomic E-state index is 13.6. The van der Waals surface area contributed by atoms with Crippen LogP contribution in [0.4, 0.5) is 10.2 Å². The molecule has 0 amide bonds. The van der Waals surface area contributed by atoms with Gasteiger partial charge in [-0.3, -0.25) is 0 Å². The summed E-state index contributed by atoms with van der Waals surface area (Å²) in [5.41, 5.74) is 1.06. The molecule has 8 nitrogen and oxygen atoms in total. The van der Waals surface area contributed by atoms with Crippen LogP contribution in [0.1, 0.15) is 56.4 Å². The molecule has 1 aromatic heterocycles. The molecule has 1 saturated heterocycles. The van der Waals surface area contributed by atoms with Crippen LogP contribution in [0.15, 0.2) is 42.6 Å². The number of halogens is 1. The van der Waals surface area contributed by atoms with E-state index in [0.717, 1.165) is 49.9 Å². The number of anilines is 1. The van der Waals surface area contributed by atoms with E-state index in [9.17, 15) is 12.8 Å². The Kier molecular flexibility index (Phi) is 7.85. The molecule has 0 spiro atoms. The second-order valence-electron chi connectivity index (χ2n) is 10.4. The van der Waals surface area contributed by atoms with Crippen molar-refractivity contribution in [2.45, 2.75) is 69.1 Å². The molecule has 1 N–H and O–H groups in total. The molecule has 3 fully saturated rings. The zero-order chi connectivity index (χ0) is 25.1. The number of piperidine rings is 1. The number of rotatable bonds is 9. The summed E-state index contributed by atoms with van der Waals surface area (Å²) < 4.78 is 50.5.